The molecule has 4 fully saturated rings. The summed E-state index contributed by atoms with van der Waals surface area (Å²) in [5.74, 6) is -1.12. The zero-order valence-electron chi connectivity index (χ0n) is 40.0. The lowest BCUT2D eigenvalue weighted by Gasteiger charge is -2.35. The molecule has 1 saturated heterocycles. The van der Waals surface area contributed by atoms with E-state index in [0.29, 0.717) is 69.8 Å². The van der Waals surface area contributed by atoms with Gasteiger partial charge in [0, 0.05) is 53.7 Å². The second kappa shape index (κ2) is 15.8. The summed E-state index contributed by atoms with van der Waals surface area (Å²) in [6.45, 7) is 12.4. The van der Waals surface area contributed by atoms with E-state index in [1.807, 2.05) is 17.6 Å². The summed E-state index contributed by atoms with van der Waals surface area (Å²) in [6.07, 6.45) is 8.97. The molecule has 12 rings (SSSR count). The van der Waals surface area contributed by atoms with Crippen LogP contribution in [-0.4, -0.2) is 78.7 Å². The number of fused-ring (bicyclic) bond motifs is 2. The van der Waals surface area contributed by atoms with E-state index in [2.05, 4.69) is 53.5 Å². The molecule has 5 atom stereocenters. The largest absolute Gasteiger partial charge is 0.438 e. The van der Waals surface area contributed by atoms with E-state index in [-0.39, 0.29) is 52.7 Å². The SMILES string of the molecule is Cc1cc(-n2nc3c(c2-n2ccn(-c4ccc([S@@](=O)(=NC5CC5)C5CC5)cc4F)c2=O)[C@H](C)N(C(=O)c2cc4cc([C@H]5CCOC(C)(C)C5)ccc4n2[C@@]2(c4noc(=O)[nH]4)C[C@@H]2C)CC3)cc(C)c1F. The minimum absolute atomic E-state index is 0.0128. The minimum atomic E-state index is -2.81. The minimum Gasteiger partial charge on any atom is -0.376 e. The van der Waals surface area contributed by atoms with Crippen LogP contribution in [0, 0.1) is 31.4 Å². The van der Waals surface area contributed by atoms with E-state index in [1.54, 1.807) is 47.8 Å². The van der Waals surface area contributed by atoms with Gasteiger partial charge in [0.15, 0.2) is 5.82 Å². The number of rotatable bonds is 10. The van der Waals surface area contributed by atoms with Crippen molar-refractivity contribution in [1.29, 1.82) is 0 Å². The molecule has 0 bridgehead atoms. The van der Waals surface area contributed by atoms with E-state index in [0.717, 1.165) is 55.0 Å². The summed E-state index contributed by atoms with van der Waals surface area (Å²) in [6, 6.07) is 15.3. The highest BCUT2D eigenvalue weighted by molar-refractivity contribution is 7.94. The van der Waals surface area contributed by atoms with Gasteiger partial charge in [0.25, 0.3) is 5.91 Å². The maximum atomic E-state index is 16.4. The Labute approximate surface area is 402 Å². The normalized spacial score (nSPS) is 23.9. The van der Waals surface area contributed by atoms with E-state index < -0.39 is 38.6 Å². The third-order valence-corrected chi connectivity index (χ3v) is 18.4. The molecular weight excluding hydrogens is 917 g/mol. The topological polar surface area (TPSA) is 168 Å². The number of aromatic amines is 1. The number of carbonyl (C=O) groups is 1. The number of imidazole rings is 1. The molecule has 0 spiro atoms. The predicted molar refractivity (Wildman–Crippen MR) is 258 cm³/mol. The van der Waals surface area contributed by atoms with Crippen LogP contribution in [-0.2, 0) is 26.4 Å². The van der Waals surface area contributed by atoms with Crippen LogP contribution in [0.3, 0.4) is 0 Å². The van der Waals surface area contributed by atoms with Crippen molar-refractivity contribution in [3.05, 3.63) is 139 Å². The van der Waals surface area contributed by atoms with E-state index in [9.17, 15) is 13.8 Å². The monoisotopic (exact) mass is 971 g/mol. The Morgan fingerprint density at radius 3 is 2.33 bits per heavy atom. The van der Waals surface area contributed by atoms with Crippen molar-refractivity contribution in [2.75, 3.05) is 13.2 Å². The molecule has 5 aliphatic rings. The third-order valence-electron chi connectivity index (χ3n) is 15.5. The number of aromatic nitrogens is 7. The van der Waals surface area contributed by atoms with Gasteiger partial charge in [-0.2, -0.15) is 5.10 Å². The van der Waals surface area contributed by atoms with E-state index in [1.165, 1.54) is 27.5 Å². The Balaban J connectivity index is 0.976. The molecule has 4 aromatic heterocycles. The van der Waals surface area contributed by atoms with Crippen LogP contribution in [0.25, 0.3) is 28.1 Å². The van der Waals surface area contributed by atoms with Gasteiger partial charge in [-0.25, -0.2) is 31.6 Å². The van der Waals surface area contributed by atoms with Gasteiger partial charge in [-0.3, -0.25) is 23.4 Å². The number of aryl methyl sites for hydroxylation is 2. The van der Waals surface area contributed by atoms with Crippen molar-refractivity contribution in [2.45, 2.75) is 132 Å². The summed E-state index contributed by atoms with van der Waals surface area (Å²) < 4.78 is 67.8. The highest BCUT2D eigenvalue weighted by atomic mass is 32.2. The summed E-state index contributed by atoms with van der Waals surface area (Å²) in [5, 5.41) is 10.0. The Hall–Kier alpha value is -6.40. The number of hydrogen-bond acceptors (Lipinski definition) is 9. The first kappa shape index (κ1) is 44.8. The van der Waals surface area contributed by atoms with Crippen molar-refractivity contribution < 1.29 is 27.0 Å². The Bertz CT molecular complexity index is 3560. The number of hydrogen-bond donors (Lipinski definition) is 1. The lowest BCUT2D eigenvalue weighted by atomic mass is 9.83. The molecular formula is C52H55F2N9O6S. The lowest BCUT2D eigenvalue weighted by molar-refractivity contribution is -0.0592. The first-order valence-corrected chi connectivity index (χ1v) is 25.9. The van der Waals surface area contributed by atoms with Crippen molar-refractivity contribution in [1.82, 2.24) is 38.5 Å². The zero-order valence-corrected chi connectivity index (χ0v) is 40.8. The highest BCUT2D eigenvalue weighted by Crippen LogP contribution is 2.56. The Morgan fingerprint density at radius 1 is 0.929 bits per heavy atom. The number of nitrogens with one attached hydrogen (secondary N) is 1. The van der Waals surface area contributed by atoms with Gasteiger partial charge in [0.05, 0.1) is 49.4 Å². The molecule has 3 aliphatic carbocycles. The first-order valence-electron chi connectivity index (χ1n) is 24.4. The summed E-state index contributed by atoms with van der Waals surface area (Å²) in [7, 11) is -2.81. The fourth-order valence-corrected chi connectivity index (χ4v) is 14.1. The van der Waals surface area contributed by atoms with Crippen molar-refractivity contribution >= 4 is 26.5 Å². The van der Waals surface area contributed by atoms with Crippen LogP contribution >= 0.6 is 0 Å². The molecule has 18 heteroatoms. The van der Waals surface area contributed by atoms with Gasteiger partial charge in [-0.15, -0.1) is 0 Å². The lowest BCUT2D eigenvalue weighted by Crippen LogP contribution is -2.41. The number of H-pyrrole nitrogens is 1. The van der Waals surface area contributed by atoms with Crippen molar-refractivity contribution in [3.63, 3.8) is 0 Å². The van der Waals surface area contributed by atoms with Gasteiger partial charge in [0.2, 0.25) is 0 Å². The molecule has 70 heavy (non-hydrogen) atoms. The van der Waals surface area contributed by atoms with Crippen molar-refractivity contribution in [2.24, 2.45) is 10.3 Å². The highest BCUT2D eigenvalue weighted by Gasteiger charge is 2.59. The van der Waals surface area contributed by atoms with Gasteiger partial charge in [-0.05, 0) is 157 Å². The van der Waals surface area contributed by atoms with Gasteiger partial charge >= 0.3 is 11.4 Å². The zero-order chi connectivity index (χ0) is 48.8. The van der Waals surface area contributed by atoms with Gasteiger partial charge in [0.1, 0.15) is 28.7 Å². The quantitative estimate of drug-likeness (QED) is 0.142. The molecule has 6 heterocycles. The number of halogens is 2. The molecule has 0 radical (unpaired) electrons. The smallest absolute Gasteiger partial charge is 0.376 e. The van der Waals surface area contributed by atoms with Crippen LogP contribution in [0.15, 0.2) is 90.4 Å². The van der Waals surface area contributed by atoms with Crippen LogP contribution in [0.2, 0.25) is 0 Å². The van der Waals surface area contributed by atoms with Crippen molar-refractivity contribution in [3.8, 4) is 17.2 Å². The Morgan fingerprint density at radius 2 is 1.67 bits per heavy atom. The third kappa shape index (κ3) is 7.09. The molecule has 7 aromatic rings. The molecule has 3 aromatic carbocycles. The molecule has 2 aliphatic heterocycles. The van der Waals surface area contributed by atoms with Gasteiger partial charge in [-0.1, -0.05) is 18.1 Å². The number of ether oxygens (including phenoxy) is 1. The molecule has 0 unspecified atom stereocenters. The summed E-state index contributed by atoms with van der Waals surface area (Å²) in [4.78, 5) is 47.8. The average molecular weight is 972 g/mol. The predicted octanol–water partition coefficient (Wildman–Crippen LogP) is 8.71. The van der Waals surface area contributed by atoms with Crippen LogP contribution in [0.5, 0.6) is 0 Å². The molecule has 15 nitrogen and oxygen atoms in total. The summed E-state index contributed by atoms with van der Waals surface area (Å²) >= 11 is 0. The van der Waals surface area contributed by atoms with Gasteiger partial charge < -0.3 is 14.2 Å². The van der Waals surface area contributed by atoms with E-state index in [4.69, 9.17) is 14.4 Å². The fourth-order valence-electron chi connectivity index (χ4n) is 11.4. The standard InChI is InChI=1S/C52H55F2N9O6S/c1-28-21-36(22-29(2)45(28)54)63-46(61-19-18-60(50(61)66)42-14-12-38(25-39(42)53)70(67,37-10-11-37)58-35-8-9-35)44-31(4)59(17-15-40(44)56-63)47(64)43-24-34-23-32(33-16-20-68-51(5,6)27-33)7-13-41(34)62(43)52(26-30(52)3)48-55-49(65)69-57-48/h7,12-14,18-19,21-25,30-31,33,35,37H,8-11,15-17,20,26-27H2,1-6H3,(H,55,57,65)/t30-,31-,33-,52-,70+/m0/s1. The van der Waals surface area contributed by atoms with Crippen LogP contribution in [0.4, 0.5) is 8.78 Å². The summed E-state index contributed by atoms with van der Waals surface area (Å²) in [5.41, 5.74) is 3.11. The second-order valence-electron chi connectivity index (χ2n) is 20.9. The molecule has 3 saturated carbocycles. The number of benzene rings is 3. The number of nitrogens with zero attached hydrogens (tertiary/aromatic N) is 8. The maximum absolute atomic E-state index is 16.4. The molecule has 1 amide bonds. The molecule has 364 valence electrons. The fraction of sp³-hybridized carbons (Fsp3) is 0.442. The second-order valence-corrected chi connectivity index (χ2v) is 23.4. The first-order chi connectivity index (χ1) is 33.5. The van der Waals surface area contributed by atoms with Crippen LogP contribution < -0.4 is 11.4 Å². The van der Waals surface area contributed by atoms with Crippen LogP contribution in [0.1, 0.15) is 129 Å². The molecule has 1 N–H and O–H groups in total. The van der Waals surface area contributed by atoms with E-state index >= 15 is 13.6 Å². The Kier molecular flexibility index (Phi) is 10.1. The maximum Gasteiger partial charge on any atom is 0.438 e. The number of carbonyl (C=O) groups excluding carboxylic acids is 1. The number of amides is 1. The average Bonchev–Trinajstić information content (AvgIpc) is 4.29.